The van der Waals surface area contributed by atoms with E-state index in [1.165, 1.54) is 18.4 Å². The highest BCUT2D eigenvalue weighted by molar-refractivity contribution is 5.82. The summed E-state index contributed by atoms with van der Waals surface area (Å²) in [6, 6.07) is 0.531. The van der Waals surface area contributed by atoms with Crippen LogP contribution in [0.1, 0.15) is 33.1 Å². The minimum Gasteiger partial charge on any atom is -0.289 e. The van der Waals surface area contributed by atoms with Gasteiger partial charge < -0.3 is 0 Å². The number of hydrogen-bond donors (Lipinski definition) is 0. The normalized spacial score (nSPS) is 29.3. The van der Waals surface area contributed by atoms with Crippen LogP contribution in [0.4, 0.5) is 0 Å². The molecule has 1 heteroatoms. The highest BCUT2D eigenvalue weighted by Crippen LogP contribution is 2.34. The predicted octanol–water partition coefficient (Wildman–Crippen LogP) is 3.38. The fourth-order valence-corrected chi connectivity index (χ4v) is 1.74. The number of rotatable bonds is 3. The molecular formula is C13H19N. The molecule has 1 fully saturated rings. The third-order valence-corrected chi connectivity index (χ3v) is 3.11. The molecule has 2 aliphatic carbocycles. The standard InChI is InChI=1S/C13H19N/c1-10-3-5-12(6-4-10)9-14-11(2)13-7-8-13/h3,5-6,9-11,13H,4,7-8H2,1-2H3. The topological polar surface area (TPSA) is 12.4 Å². The van der Waals surface area contributed by atoms with Gasteiger partial charge >= 0.3 is 0 Å². The summed E-state index contributed by atoms with van der Waals surface area (Å²) in [5, 5.41) is 0. The first-order chi connectivity index (χ1) is 6.75. The van der Waals surface area contributed by atoms with E-state index in [1.54, 1.807) is 0 Å². The SMILES string of the molecule is CC1C=CC(C=NC(C)C2CC2)=CC1. The minimum absolute atomic E-state index is 0.531. The van der Waals surface area contributed by atoms with Gasteiger partial charge in [0.05, 0.1) is 0 Å². The quantitative estimate of drug-likeness (QED) is 0.603. The minimum atomic E-state index is 0.531. The first kappa shape index (κ1) is 9.70. The van der Waals surface area contributed by atoms with Gasteiger partial charge in [0, 0.05) is 12.3 Å². The highest BCUT2D eigenvalue weighted by Gasteiger charge is 2.26. The summed E-state index contributed by atoms with van der Waals surface area (Å²) in [7, 11) is 0. The van der Waals surface area contributed by atoms with Crippen LogP contribution in [0, 0.1) is 11.8 Å². The highest BCUT2D eigenvalue weighted by atomic mass is 14.8. The number of aliphatic imine (C=N–C) groups is 1. The van der Waals surface area contributed by atoms with Crippen LogP contribution in [-0.2, 0) is 0 Å². The van der Waals surface area contributed by atoms with E-state index in [9.17, 15) is 0 Å². The molecule has 0 aromatic rings. The van der Waals surface area contributed by atoms with Gasteiger partial charge in [-0.05, 0) is 43.6 Å². The lowest BCUT2D eigenvalue weighted by Crippen LogP contribution is -2.02. The average Bonchev–Trinajstić information content (AvgIpc) is 3.00. The van der Waals surface area contributed by atoms with Crippen molar-refractivity contribution in [1.82, 2.24) is 0 Å². The Morgan fingerprint density at radius 1 is 1.50 bits per heavy atom. The van der Waals surface area contributed by atoms with Crippen LogP contribution in [0.25, 0.3) is 0 Å². The van der Waals surface area contributed by atoms with Crippen molar-refractivity contribution in [3.05, 3.63) is 23.8 Å². The van der Waals surface area contributed by atoms with Gasteiger partial charge in [0.2, 0.25) is 0 Å². The molecule has 14 heavy (non-hydrogen) atoms. The second-order valence-corrected chi connectivity index (χ2v) is 4.63. The molecule has 76 valence electrons. The molecular weight excluding hydrogens is 170 g/mol. The van der Waals surface area contributed by atoms with Crippen LogP contribution in [-0.4, -0.2) is 12.3 Å². The zero-order valence-corrected chi connectivity index (χ0v) is 9.11. The molecule has 0 aromatic carbocycles. The molecule has 2 atom stereocenters. The van der Waals surface area contributed by atoms with E-state index in [0.717, 1.165) is 12.3 Å². The Morgan fingerprint density at radius 2 is 2.29 bits per heavy atom. The van der Waals surface area contributed by atoms with E-state index in [4.69, 9.17) is 0 Å². The van der Waals surface area contributed by atoms with Crippen molar-refractivity contribution in [3.8, 4) is 0 Å². The van der Waals surface area contributed by atoms with Gasteiger partial charge in [-0.25, -0.2) is 0 Å². The van der Waals surface area contributed by atoms with E-state index in [1.807, 2.05) is 6.21 Å². The average molecular weight is 189 g/mol. The molecule has 2 aliphatic rings. The summed E-state index contributed by atoms with van der Waals surface area (Å²) < 4.78 is 0. The van der Waals surface area contributed by atoms with E-state index in [2.05, 4.69) is 37.1 Å². The van der Waals surface area contributed by atoms with Crippen molar-refractivity contribution in [1.29, 1.82) is 0 Å². The molecule has 0 spiro atoms. The van der Waals surface area contributed by atoms with Crippen molar-refractivity contribution in [3.63, 3.8) is 0 Å². The largest absolute Gasteiger partial charge is 0.289 e. The summed E-state index contributed by atoms with van der Waals surface area (Å²) in [5.41, 5.74) is 1.29. The molecule has 0 radical (unpaired) electrons. The fraction of sp³-hybridized carbons (Fsp3) is 0.615. The summed E-state index contributed by atoms with van der Waals surface area (Å²) >= 11 is 0. The Bertz CT molecular complexity index is 282. The maximum absolute atomic E-state index is 4.59. The van der Waals surface area contributed by atoms with Crippen LogP contribution < -0.4 is 0 Å². The Morgan fingerprint density at radius 3 is 2.86 bits per heavy atom. The summed E-state index contributed by atoms with van der Waals surface area (Å²) in [5.74, 6) is 1.58. The lowest BCUT2D eigenvalue weighted by Gasteiger charge is -2.09. The molecule has 2 unspecified atom stereocenters. The summed E-state index contributed by atoms with van der Waals surface area (Å²) in [6.07, 6.45) is 12.7. The Kier molecular flexibility index (Phi) is 2.85. The van der Waals surface area contributed by atoms with Gasteiger partial charge in [0.15, 0.2) is 0 Å². The molecule has 1 nitrogen and oxygen atoms in total. The van der Waals surface area contributed by atoms with Crippen molar-refractivity contribution in [2.75, 3.05) is 0 Å². The van der Waals surface area contributed by atoms with Crippen LogP contribution >= 0.6 is 0 Å². The van der Waals surface area contributed by atoms with E-state index >= 15 is 0 Å². The van der Waals surface area contributed by atoms with Crippen LogP contribution in [0.5, 0.6) is 0 Å². The zero-order valence-electron chi connectivity index (χ0n) is 9.11. The van der Waals surface area contributed by atoms with E-state index < -0.39 is 0 Å². The molecule has 0 amide bonds. The lowest BCUT2D eigenvalue weighted by molar-refractivity contribution is 0.655. The van der Waals surface area contributed by atoms with E-state index in [-0.39, 0.29) is 0 Å². The molecule has 0 saturated heterocycles. The third-order valence-electron chi connectivity index (χ3n) is 3.11. The van der Waals surface area contributed by atoms with Crippen molar-refractivity contribution in [2.45, 2.75) is 39.2 Å². The second kappa shape index (κ2) is 4.12. The number of allylic oxidation sites excluding steroid dienone is 4. The molecule has 0 N–H and O–H groups in total. The summed E-state index contributed by atoms with van der Waals surface area (Å²) in [6.45, 7) is 4.47. The van der Waals surface area contributed by atoms with E-state index in [0.29, 0.717) is 12.0 Å². The number of hydrogen-bond acceptors (Lipinski definition) is 1. The fourth-order valence-electron chi connectivity index (χ4n) is 1.74. The Balaban J connectivity index is 1.87. The maximum atomic E-state index is 4.59. The van der Waals surface area contributed by atoms with Gasteiger partial charge in [0.25, 0.3) is 0 Å². The monoisotopic (exact) mass is 189 g/mol. The van der Waals surface area contributed by atoms with Crippen LogP contribution in [0.3, 0.4) is 0 Å². The maximum Gasteiger partial charge on any atom is 0.0499 e. The third kappa shape index (κ3) is 2.57. The lowest BCUT2D eigenvalue weighted by atomic mass is 9.99. The van der Waals surface area contributed by atoms with Crippen molar-refractivity contribution >= 4 is 6.21 Å². The van der Waals surface area contributed by atoms with Gasteiger partial charge in [-0.15, -0.1) is 0 Å². The first-order valence-electron chi connectivity index (χ1n) is 5.67. The van der Waals surface area contributed by atoms with Crippen LogP contribution in [0.2, 0.25) is 0 Å². The van der Waals surface area contributed by atoms with Gasteiger partial charge in [-0.2, -0.15) is 0 Å². The Hall–Kier alpha value is -0.850. The first-order valence-corrected chi connectivity index (χ1v) is 5.67. The summed E-state index contributed by atoms with van der Waals surface area (Å²) in [4.78, 5) is 4.59. The predicted molar refractivity (Wildman–Crippen MR) is 61.7 cm³/mol. The molecule has 2 rings (SSSR count). The second-order valence-electron chi connectivity index (χ2n) is 4.63. The smallest absolute Gasteiger partial charge is 0.0499 e. The van der Waals surface area contributed by atoms with Crippen molar-refractivity contribution in [2.24, 2.45) is 16.8 Å². The van der Waals surface area contributed by atoms with Gasteiger partial charge in [0.1, 0.15) is 0 Å². The van der Waals surface area contributed by atoms with Crippen LogP contribution in [0.15, 0.2) is 28.8 Å². The molecule has 0 aromatic heterocycles. The number of nitrogens with zero attached hydrogens (tertiary/aromatic N) is 1. The molecule has 1 saturated carbocycles. The van der Waals surface area contributed by atoms with Crippen molar-refractivity contribution < 1.29 is 0 Å². The molecule has 0 bridgehead atoms. The zero-order chi connectivity index (χ0) is 9.97. The van der Waals surface area contributed by atoms with Gasteiger partial charge in [-0.1, -0.05) is 25.2 Å². The van der Waals surface area contributed by atoms with Gasteiger partial charge in [-0.3, -0.25) is 4.99 Å². The molecule has 0 heterocycles. The Labute approximate surface area is 86.6 Å². The molecule has 0 aliphatic heterocycles.